The maximum Gasteiger partial charge on any atom is 0.376 e. The fourth-order valence-corrected chi connectivity index (χ4v) is 5.99. The van der Waals surface area contributed by atoms with Crippen LogP contribution in [-0.4, -0.2) is 51.5 Å². The summed E-state index contributed by atoms with van der Waals surface area (Å²) in [5.41, 5.74) is 3.89. The number of aromatic nitrogens is 4. The van der Waals surface area contributed by atoms with Crippen LogP contribution in [0.1, 0.15) is 53.5 Å². The first-order chi connectivity index (χ1) is 17.0. The van der Waals surface area contributed by atoms with E-state index in [4.69, 9.17) is 27.9 Å². The largest absolute Gasteiger partial charge is 0.463 e. The highest BCUT2D eigenvalue weighted by Gasteiger charge is 2.45. The number of hydrogen-bond donors (Lipinski definition) is 0. The molecular weight excluding hydrogens is 489 g/mol. The van der Waals surface area contributed by atoms with Crippen LogP contribution in [0.15, 0.2) is 36.8 Å². The monoisotopic (exact) mass is 513 g/mol. The number of nitrogens with zero attached hydrogens (tertiary/aromatic N) is 5. The highest BCUT2D eigenvalue weighted by atomic mass is 35.5. The molecule has 0 radical (unpaired) electrons. The van der Waals surface area contributed by atoms with Crippen LogP contribution in [0.2, 0.25) is 10.0 Å². The van der Waals surface area contributed by atoms with Crippen LogP contribution < -0.4 is 4.90 Å². The molecule has 2 saturated carbocycles. The van der Waals surface area contributed by atoms with Crippen molar-refractivity contribution in [2.75, 3.05) is 18.6 Å². The standard InChI is InChI=1S/C25H25Cl2N5O3/c1-34-25(33)24-28-9-17(10-29-24)31-12-15-7-16(31)8-22(15)35-13-21-18(14-5-6-14)11-30-32(21)23-19(26)3-2-4-20(23)27/h2-4,9-11,14-16,22H,5-8,12-13H2,1H3/t15-,16-,22+/m0/s1. The number of methoxy groups -OCH3 is 1. The van der Waals surface area contributed by atoms with Crippen LogP contribution in [0.3, 0.4) is 0 Å². The molecule has 10 heteroatoms. The van der Waals surface area contributed by atoms with Gasteiger partial charge in [-0.15, -0.1) is 0 Å². The minimum atomic E-state index is -0.532. The molecule has 6 rings (SSSR count). The molecule has 1 aromatic carbocycles. The molecule has 35 heavy (non-hydrogen) atoms. The quantitative estimate of drug-likeness (QED) is 0.419. The summed E-state index contributed by atoms with van der Waals surface area (Å²) < 4.78 is 13.1. The average Bonchev–Trinajstić information content (AvgIpc) is 3.32. The highest BCUT2D eigenvalue weighted by Crippen LogP contribution is 2.45. The predicted molar refractivity (Wildman–Crippen MR) is 131 cm³/mol. The number of piperidine rings is 1. The zero-order valence-corrected chi connectivity index (χ0v) is 20.7. The number of esters is 1. The van der Waals surface area contributed by atoms with Crippen molar-refractivity contribution in [3.05, 3.63) is 63.9 Å². The lowest BCUT2D eigenvalue weighted by molar-refractivity contribution is 0.00992. The van der Waals surface area contributed by atoms with E-state index in [1.165, 1.54) is 25.5 Å². The Labute approximate surface area is 213 Å². The maximum absolute atomic E-state index is 11.6. The number of rotatable bonds is 7. The van der Waals surface area contributed by atoms with Gasteiger partial charge in [0, 0.05) is 18.5 Å². The molecule has 0 spiro atoms. The van der Waals surface area contributed by atoms with Crippen molar-refractivity contribution in [1.29, 1.82) is 0 Å². The van der Waals surface area contributed by atoms with Gasteiger partial charge in [0.25, 0.3) is 0 Å². The molecule has 3 atom stereocenters. The predicted octanol–water partition coefficient (Wildman–Crippen LogP) is 4.82. The molecule has 2 bridgehead atoms. The van der Waals surface area contributed by atoms with E-state index in [1.807, 2.05) is 29.1 Å². The van der Waals surface area contributed by atoms with Gasteiger partial charge in [-0.25, -0.2) is 19.4 Å². The van der Waals surface area contributed by atoms with Gasteiger partial charge in [0.1, 0.15) is 5.69 Å². The first kappa shape index (κ1) is 22.8. The smallest absolute Gasteiger partial charge is 0.376 e. The van der Waals surface area contributed by atoms with Gasteiger partial charge in [-0.05, 0) is 49.3 Å². The Morgan fingerprint density at radius 3 is 2.49 bits per heavy atom. The summed E-state index contributed by atoms with van der Waals surface area (Å²) >= 11 is 13.0. The summed E-state index contributed by atoms with van der Waals surface area (Å²) in [4.78, 5) is 22.2. The molecule has 2 aromatic heterocycles. The Balaban J connectivity index is 1.16. The minimum Gasteiger partial charge on any atom is -0.463 e. The summed E-state index contributed by atoms with van der Waals surface area (Å²) in [6.45, 7) is 1.35. The van der Waals surface area contributed by atoms with Crippen LogP contribution in [-0.2, 0) is 16.1 Å². The van der Waals surface area contributed by atoms with Crippen LogP contribution in [0.4, 0.5) is 5.69 Å². The summed E-state index contributed by atoms with van der Waals surface area (Å²) in [6.07, 6.45) is 9.86. The van der Waals surface area contributed by atoms with E-state index in [2.05, 4.69) is 24.7 Å². The van der Waals surface area contributed by atoms with Crippen molar-refractivity contribution < 1.29 is 14.3 Å². The average molecular weight is 514 g/mol. The molecule has 0 N–H and O–H groups in total. The highest BCUT2D eigenvalue weighted by molar-refractivity contribution is 6.37. The lowest BCUT2D eigenvalue weighted by Gasteiger charge is -2.32. The van der Waals surface area contributed by atoms with Gasteiger partial charge in [-0.3, -0.25) is 0 Å². The number of ether oxygens (including phenoxy) is 2. The fourth-order valence-electron chi connectivity index (χ4n) is 5.43. The molecule has 3 aromatic rings. The van der Waals surface area contributed by atoms with Gasteiger partial charge in [0.05, 0.1) is 59.8 Å². The molecule has 182 valence electrons. The third-order valence-electron chi connectivity index (χ3n) is 7.32. The molecule has 3 fully saturated rings. The second-order valence-corrected chi connectivity index (χ2v) is 10.3. The summed E-state index contributed by atoms with van der Waals surface area (Å²) in [7, 11) is 1.32. The second-order valence-electron chi connectivity index (χ2n) is 9.45. The Bertz CT molecular complexity index is 1240. The van der Waals surface area contributed by atoms with Crippen LogP contribution in [0.25, 0.3) is 5.69 Å². The molecule has 1 saturated heterocycles. The second kappa shape index (κ2) is 9.08. The van der Waals surface area contributed by atoms with Gasteiger partial charge in [-0.1, -0.05) is 29.3 Å². The molecule has 3 aliphatic rings. The van der Waals surface area contributed by atoms with Crippen molar-refractivity contribution >= 4 is 34.9 Å². The zero-order chi connectivity index (χ0) is 24.1. The SMILES string of the molecule is COC(=O)c1ncc(N2C[C@@H]3C[C@H]2C[C@H]3OCc2c(C3CC3)cnn2-c2c(Cl)cccc2Cl)cn1. The van der Waals surface area contributed by atoms with E-state index in [0.29, 0.717) is 40.2 Å². The summed E-state index contributed by atoms with van der Waals surface area (Å²) in [5.74, 6) is 0.497. The van der Waals surface area contributed by atoms with E-state index >= 15 is 0 Å². The zero-order valence-electron chi connectivity index (χ0n) is 19.2. The molecule has 8 nitrogen and oxygen atoms in total. The molecule has 0 amide bonds. The van der Waals surface area contributed by atoms with Crippen LogP contribution >= 0.6 is 23.2 Å². The Morgan fingerprint density at radius 2 is 1.86 bits per heavy atom. The van der Waals surface area contributed by atoms with Gasteiger partial charge in [0.15, 0.2) is 0 Å². The van der Waals surface area contributed by atoms with E-state index in [0.717, 1.165) is 30.8 Å². The molecule has 1 aliphatic heterocycles. The number of carbonyl (C=O) groups is 1. The third kappa shape index (κ3) is 4.17. The van der Waals surface area contributed by atoms with E-state index in [9.17, 15) is 4.79 Å². The van der Waals surface area contributed by atoms with Crippen LogP contribution in [0, 0.1) is 5.92 Å². The van der Waals surface area contributed by atoms with Crippen molar-refractivity contribution in [1.82, 2.24) is 19.7 Å². The van der Waals surface area contributed by atoms with Crippen molar-refractivity contribution in [2.45, 2.75) is 50.4 Å². The minimum absolute atomic E-state index is 0.0727. The van der Waals surface area contributed by atoms with Gasteiger partial charge in [-0.2, -0.15) is 5.10 Å². The first-order valence-corrected chi connectivity index (χ1v) is 12.6. The van der Waals surface area contributed by atoms with Crippen molar-refractivity contribution in [2.24, 2.45) is 5.92 Å². The normalized spacial score (nSPS) is 23.2. The third-order valence-corrected chi connectivity index (χ3v) is 7.93. The molecular formula is C25H25Cl2N5O3. The number of benzene rings is 1. The Kier molecular flexibility index (Phi) is 5.90. The summed E-state index contributed by atoms with van der Waals surface area (Å²) in [5, 5.41) is 5.79. The number of anilines is 1. The number of carbonyl (C=O) groups excluding carboxylic acids is 1. The van der Waals surface area contributed by atoms with Crippen LogP contribution in [0.5, 0.6) is 0 Å². The van der Waals surface area contributed by atoms with E-state index in [1.54, 1.807) is 12.4 Å². The molecule has 0 unspecified atom stereocenters. The van der Waals surface area contributed by atoms with Gasteiger partial charge >= 0.3 is 5.97 Å². The van der Waals surface area contributed by atoms with Gasteiger partial charge < -0.3 is 14.4 Å². The van der Waals surface area contributed by atoms with Crippen molar-refractivity contribution in [3.63, 3.8) is 0 Å². The summed E-state index contributed by atoms with van der Waals surface area (Å²) in [6, 6.07) is 5.86. The Hall–Kier alpha value is -2.68. The number of hydrogen-bond acceptors (Lipinski definition) is 7. The topological polar surface area (TPSA) is 82.4 Å². The number of halogens is 2. The Morgan fingerprint density at radius 1 is 1.11 bits per heavy atom. The van der Waals surface area contributed by atoms with Crippen molar-refractivity contribution in [3.8, 4) is 5.69 Å². The lowest BCUT2D eigenvalue weighted by Crippen LogP contribution is -2.38. The lowest BCUT2D eigenvalue weighted by atomic mass is 10.1. The van der Waals surface area contributed by atoms with E-state index < -0.39 is 5.97 Å². The van der Waals surface area contributed by atoms with E-state index in [-0.39, 0.29) is 11.9 Å². The number of fused-ring (bicyclic) bond motifs is 2. The number of para-hydroxylation sites is 1. The molecule has 3 heterocycles. The van der Waals surface area contributed by atoms with Gasteiger partial charge in [0.2, 0.25) is 5.82 Å². The maximum atomic E-state index is 11.6. The molecule has 2 aliphatic carbocycles. The fraction of sp³-hybridized carbons (Fsp3) is 0.440. The first-order valence-electron chi connectivity index (χ1n) is 11.8.